The predicted octanol–water partition coefficient (Wildman–Crippen LogP) is 3.95. The minimum Gasteiger partial charge on any atom is -0.489 e. The van der Waals surface area contributed by atoms with E-state index in [0.29, 0.717) is 22.6 Å². The highest BCUT2D eigenvalue weighted by Gasteiger charge is 2.08. The van der Waals surface area contributed by atoms with E-state index in [1.165, 1.54) is 24.3 Å². The van der Waals surface area contributed by atoms with Crippen molar-refractivity contribution in [2.45, 2.75) is 6.61 Å². The quantitative estimate of drug-likeness (QED) is 0.426. The number of nitro benzene ring substituents is 1. The van der Waals surface area contributed by atoms with Gasteiger partial charge in [-0.1, -0.05) is 30.8 Å². The summed E-state index contributed by atoms with van der Waals surface area (Å²) in [6.45, 7) is 4.12. The fraction of sp³-hybridized carbons (Fsp3) is 0.0435. The van der Waals surface area contributed by atoms with Crippen molar-refractivity contribution in [1.29, 1.82) is 5.26 Å². The largest absolute Gasteiger partial charge is 0.489 e. The van der Waals surface area contributed by atoms with Crippen LogP contribution in [0.5, 0.6) is 5.75 Å². The molecule has 2 N–H and O–H groups in total. The Morgan fingerprint density at radius 1 is 0.968 bits per heavy atom. The molecule has 3 rings (SSSR count). The predicted molar refractivity (Wildman–Crippen MR) is 115 cm³/mol. The zero-order valence-electron chi connectivity index (χ0n) is 16.4. The van der Waals surface area contributed by atoms with E-state index in [9.17, 15) is 14.9 Å². The van der Waals surface area contributed by atoms with Gasteiger partial charge in [-0.2, -0.15) is 5.26 Å². The van der Waals surface area contributed by atoms with Crippen LogP contribution in [0.3, 0.4) is 0 Å². The summed E-state index contributed by atoms with van der Waals surface area (Å²) in [5, 5.41) is 19.5. The highest BCUT2D eigenvalue weighted by molar-refractivity contribution is 5.94. The van der Waals surface area contributed by atoms with Crippen molar-refractivity contribution in [2.75, 3.05) is 0 Å². The van der Waals surface area contributed by atoms with E-state index in [1.54, 1.807) is 48.5 Å². The van der Waals surface area contributed by atoms with Gasteiger partial charge in [-0.25, -0.2) is 0 Å². The Labute approximate surface area is 178 Å². The molecule has 0 spiro atoms. The van der Waals surface area contributed by atoms with E-state index >= 15 is 0 Å². The van der Waals surface area contributed by atoms with Crippen LogP contribution in [0.15, 0.2) is 79.4 Å². The first-order chi connectivity index (χ1) is 15.0. The second-order valence-electron chi connectivity index (χ2n) is 6.48. The Balaban J connectivity index is 1.50. The first-order valence-electron chi connectivity index (χ1n) is 9.18. The molecule has 0 aliphatic rings. The average molecular weight is 414 g/mol. The van der Waals surface area contributed by atoms with Gasteiger partial charge in [-0.05, 0) is 47.5 Å². The van der Waals surface area contributed by atoms with Crippen molar-refractivity contribution in [3.05, 3.63) is 112 Å². The molecule has 3 aromatic carbocycles. The molecule has 0 aliphatic carbocycles. The summed E-state index contributed by atoms with van der Waals surface area (Å²) in [7, 11) is 0. The van der Waals surface area contributed by atoms with E-state index in [0.717, 1.165) is 11.1 Å². The fourth-order valence-corrected chi connectivity index (χ4v) is 2.61. The van der Waals surface area contributed by atoms with Crippen molar-refractivity contribution in [3.8, 4) is 11.8 Å². The number of benzene rings is 3. The summed E-state index contributed by atoms with van der Waals surface area (Å²) in [4.78, 5) is 22.5. The van der Waals surface area contributed by atoms with Crippen LogP contribution in [-0.2, 0) is 6.61 Å². The highest BCUT2D eigenvalue weighted by atomic mass is 16.6. The fourth-order valence-electron chi connectivity index (χ4n) is 2.61. The number of hydrazine groups is 1. The molecule has 3 aromatic rings. The van der Waals surface area contributed by atoms with Crippen LogP contribution < -0.4 is 15.6 Å². The number of hydrogen-bond acceptors (Lipinski definition) is 6. The van der Waals surface area contributed by atoms with Gasteiger partial charge >= 0.3 is 0 Å². The number of ether oxygens (including phenoxy) is 1. The maximum atomic E-state index is 12.3. The molecule has 154 valence electrons. The lowest BCUT2D eigenvalue weighted by Gasteiger charge is -2.12. The Morgan fingerprint density at radius 3 is 2.16 bits per heavy atom. The third-order valence-electron chi connectivity index (χ3n) is 4.36. The Morgan fingerprint density at radius 2 is 1.58 bits per heavy atom. The number of carbonyl (C=O) groups excluding carboxylic acids is 1. The van der Waals surface area contributed by atoms with E-state index in [-0.39, 0.29) is 18.2 Å². The van der Waals surface area contributed by atoms with Crippen LogP contribution >= 0.6 is 0 Å². The van der Waals surface area contributed by atoms with Gasteiger partial charge in [0, 0.05) is 17.7 Å². The third-order valence-corrected chi connectivity index (χ3v) is 4.36. The van der Waals surface area contributed by atoms with Gasteiger partial charge in [0.15, 0.2) is 0 Å². The summed E-state index contributed by atoms with van der Waals surface area (Å²) >= 11 is 0. The zero-order chi connectivity index (χ0) is 22.2. The molecular formula is C23H18N4O4. The molecule has 0 saturated heterocycles. The van der Waals surface area contributed by atoms with Crippen LogP contribution in [0.4, 0.5) is 5.69 Å². The number of amides is 1. The molecular weight excluding hydrogens is 396 g/mol. The standard InChI is InChI=1S/C23H18N4O4/c1-16(19-6-2-17(14-24)3-7-19)25-26-23(28)20-8-4-18(5-9-20)15-31-22-12-10-21(11-13-22)27(29)30/h2-13,25H,1,15H2,(H,26,28). The monoisotopic (exact) mass is 414 g/mol. The number of nitrogens with zero attached hydrogens (tertiary/aromatic N) is 2. The summed E-state index contributed by atoms with van der Waals surface area (Å²) in [5.41, 5.74) is 8.40. The Kier molecular flexibility index (Phi) is 6.60. The van der Waals surface area contributed by atoms with Crippen LogP contribution in [0.2, 0.25) is 0 Å². The van der Waals surface area contributed by atoms with Crippen molar-refractivity contribution in [1.82, 2.24) is 10.9 Å². The molecule has 0 bridgehead atoms. The lowest BCUT2D eigenvalue weighted by Crippen LogP contribution is -2.35. The topological polar surface area (TPSA) is 117 Å². The maximum absolute atomic E-state index is 12.3. The molecule has 0 unspecified atom stereocenters. The molecule has 0 saturated carbocycles. The van der Waals surface area contributed by atoms with E-state index in [2.05, 4.69) is 17.4 Å². The second kappa shape index (κ2) is 9.71. The number of nitriles is 1. The smallest absolute Gasteiger partial charge is 0.269 e. The van der Waals surface area contributed by atoms with E-state index < -0.39 is 4.92 Å². The van der Waals surface area contributed by atoms with Gasteiger partial charge in [-0.3, -0.25) is 25.8 Å². The van der Waals surface area contributed by atoms with Gasteiger partial charge in [0.05, 0.1) is 22.3 Å². The number of nitro groups is 1. The maximum Gasteiger partial charge on any atom is 0.269 e. The van der Waals surface area contributed by atoms with Gasteiger partial charge in [-0.15, -0.1) is 0 Å². The van der Waals surface area contributed by atoms with Crippen LogP contribution in [0.25, 0.3) is 5.70 Å². The first kappa shape index (κ1) is 21.1. The van der Waals surface area contributed by atoms with Gasteiger partial charge in [0.1, 0.15) is 12.4 Å². The molecule has 8 nitrogen and oxygen atoms in total. The van der Waals surface area contributed by atoms with Gasteiger partial charge in [0.2, 0.25) is 0 Å². The molecule has 0 atom stereocenters. The average Bonchev–Trinajstić information content (AvgIpc) is 2.81. The molecule has 0 radical (unpaired) electrons. The number of carbonyl (C=O) groups is 1. The first-order valence-corrected chi connectivity index (χ1v) is 9.18. The number of non-ortho nitro benzene ring substituents is 1. The Bertz CT molecular complexity index is 1130. The molecule has 8 heteroatoms. The minimum atomic E-state index is -0.470. The van der Waals surface area contributed by atoms with Crippen LogP contribution in [0.1, 0.15) is 27.0 Å². The SMILES string of the molecule is C=C(NNC(=O)c1ccc(COc2ccc([N+](=O)[O-])cc2)cc1)c1ccc(C#N)cc1. The minimum absolute atomic E-state index is 0.00168. The molecule has 0 heterocycles. The van der Waals surface area contributed by atoms with Crippen LogP contribution in [0, 0.1) is 21.4 Å². The zero-order valence-corrected chi connectivity index (χ0v) is 16.4. The van der Waals surface area contributed by atoms with Crippen molar-refractivity contribution < 1.29 is 14.5 Å². The number of nitrogens with one attached hydrogen (secondary N) is 2. The number of rotatable bonds is 8. The summed E-state index contributed by atoms with van der Waals surface area (Å²) in [5.74, 6) is 0.176. The molecule has 1 amide bonds. The summed E-state index contributed by atoms with van der Waals surface area (Å²) < 4.78 is 5.60. The highest BCUT2D eigenvalue weighted by Crippen LogP contribution is 2.18. The van der Waals surface area contributed by atoms with E-state index in [1.807, 2.05) is 6.07 Å². The summed E-state index contributed by atoms with van der Waals surface area (Å²) in [6.07, 6.45) is 0. The van der Waals surface area contributed by atoms with Gasteiger partial charge in [0.25, 0.3) is 11.6 Å². The third kappa shape index (κ3) is 5.68. The van der Waals surface area contributed by atoms with E-state index in [4.69, 9.17) is 10.00 Å². The van der Waals surface area contributed by atoms with Crippen LogP contribution in [-0.4, -0.2) is 10.8 Å². The molecule has 0 fully saturated rings. The lowest BCUT2D eigenvalue weighted by atomic mass is 10.1. The molecule has 0 aromatic heterocycles. The number of hydrogen-bond donors (Lipinski definition) is 2. The van der Waals surface area contributed by atoms with Crippen molar-refractivity contribution in [3.63, 3.8) is 0 Å². The molecule has 31 heavy (non-hydrogen) atoms. The molecule has 0 aliphatic heterocycles. The normalized spacial score (nSPS) is 9.90. The van der Waals surface area contributed by atoms with Crippen molar-refractivity contribution in [2.24, 2.45) is 0 Å². The summed E-state index contributed by atoms with van der Waals surface area (Å²) in [6, 6.07) is 21.5. The Hall–Kier alpha value is -4.64. The van der Waals surface area contributed by atoms with Crippen molar-refractivity contribution >= 4 is 17.3 Å². The second-order valence-corrected chi connectivity index (χ2v) is 6.48. The van der Waals surface area contributed by atoms with Gasteiger partial charge < -0.3 is 4.74 Å². The lowest BCUT2D eigenvalue weighted by molar-refractivity contribution is -0.384.